The van der Waals surface area contributed by atoms with Crippen molar-refractivity contribution in [1.29, 1.82) is 0 Å². The molecule has 12 heteroatoms. The van der Waals surface area contributed by atoms with Crippen molar-refractivity contribution in [1.82, 2.24) is 10.2 Å². The second-order valence-corrected chi connectivity index (χ2v) is 12.9. The van der Waals surface area contributed by atoms with Crippen molar-refractivity contribution in [2.24, 2.45) is 0 Å². The molecule has 2 amide bonds. The lowest BCUT2D eigenvalue weighted by atomic mass is 10.1. The molecule has 2 atom stereocenters. The number of methoxy groups -OCH3 is 2. The number of rotatable bonds is 13. The van der Waals surface area contributed by atoms with Crippen LogP contribution in [0.25, 0.3) is 0 Å². The van der Waals surface area contributed by atoms with E-state index < -0.39 is 28.5 Å². The van der Waals surface area contributed by atoms with Gasteiger partial charge in [-0.1, -0.05) is 46.6 Å². The van der Waals surface area contributed by atoms with Crippen LogP contribution >= 0.6 is 27.5 Å². The maximum atomic E-state index is 14.1. The highest BCUT2D eigenvalue weighted by Crippen LogP contribution is 2.32. The smallest absolute Gasteiger partial charge is 0.264 e. The third-order valence-electron chi connectivity index (χ3n) is 6.77. The Balaban J connectivity index is 2.06. The number of carbonyl (C=O) groups is 2. The van der Waals surface area contributed by atoms with Crippen molar-refractivity contribution in [2.75, 3.05) is 25.1 Å². The van der Waals surface area contributed by atoms with Crippen LogP contribution in [0.5, 0.6) is 11.5 Å². The minimum absolute atomic E-state index is 0.0894. The Kier molecular flexibility index (Phi) is 11.7. The number of amides is 2. The summed E-state index contributed by atoms with van der Waals surface area (Å²) in [5.41, 5.74) is 0.998. The van der Waals surface area contributed by atoms with E-state index in [1.165, 1.54) is 49.5 Å². The third kappa shape index (κ3) is 8.17. The average molecular weight is 681 g/mol. The zero-order valence-corrected chi connectivity index (χ0v) is 27.3. The van der Waals surface area contributed by atoms with Crippen LogP contribution < -0.4 is 19.1 Å². The molecule has 9 nitrogen and oxygen atoms in total. The molecule has 0 aliphatic carbocycles. The molecule has 0 aromatic heterocycles. The SMILES string of the molecule is CC[C@H](C)NC(=O)[C@H](C)N(Cc1ccc(Br)cc1)C(=O)CN(c1ccc(Cl)cc1)S(=O)(=O)c1ccc(OC)c(OC)c1. The molecule has 0 saturated heterocycles. The van der Waals surface area contributed by atoms with Crippen LogP contribution in [-0.4, -0.2) is 58.0 Å². The van der Waals surface area contributed by atoms with Gasteiger partial charge in [0, 0.05) is 28.1 Å². The van der Waals surface area contributed by atoms with E-state index in [4.69, 9.17) is 21.1 Å². The second-order valence-electron chi connectivity index (χ2n) is 9.65. The highest BCUT2D eigenvalue weighted by molar-refractivity contribution is 9.10. The van der Waals surface area contributed by atoms with Gasteiger partial charge in [-0.2, -0.15) is 0 Å². The van der Waals surface area contributed by atoms with Crippen molar-refractivity contribution in [3.05, 3.63) is 81.8 Å². The van der Waals surface area contributed by atoms with Gasteiger partial charge in [0.2, 0.25) is 11.8 Å². The fraction of sp³-hybridized carbons (Fsp3) is 0.333. The number of nitrogens with one attached hydrogen (secondary N) is 1. The fourth-order valence-corrected chi connectivity index (χ4v) is 5.90. The van der Waals surface area contributed by atoms with Gasteiger partial charge in [-0.15, -0.1) is 0 Å². The van der Waals surface area contributed by atoms with Gasteiger partial charge in [-0.3, -0.25) is 13.9 Å². The van der Waals surface area contributed by atoms with Crippen LogP contribution in [0.1, 0.15) is 32.8 Å². The predicted molar refractivity (Wildman–Crippen MR) is 168 cm³/mol. The molecule has 0 spiro atoms. The average Bonchev–Trinajstić information content (AvgIpc) is 2.98. The molecule has 3 rings (SSSR count). The molecular formula is C30H35BrClN3O6S. The zero-order valence-electron chi connectivity index (χ0n) is 24.1. The largest absolute Gasteiger partial charge is 0.493 e. The molecule has 3 aromatic rings. The third-order valence-corrected chi connectivity index (χ3v) is 9.32. The first-order valence-electron chi connectivity index (χ1n) is 13.3. The summed E-state index contributed by atoms with van der Waals surface area (Å²) in [4.78, 5) is 28.5. The van der Waals surface area contributed by atoms with Crippen molar-refractivity contribution < 1.29 is 27.5 Å². The number of nitrogens with zero attached hydrogens (tertiary/aromatic N) is 2. The van der Waals surface area contributed by atoms with Crippen LogP contribution in [-0.2, 0) is 26.2 Å². The first kappa shape index (κ1) is 33.2. The summed E-state index contributed by atoms with van der Waals surface area (Å²) in [6.45, 7) is 4.97. The molecule has 0 bridgehead atoms. The van der Waals surface area contributed by atoms with E-state index in [2.05, 4.69) is 21.2 Å². The number of hydrogen-bond acceptors (Lipinski definition) is 6. The summed E-state index contributed by atoms with van der Waals surface area (Å²) in [5.74, 6) is -0.333. The molecule has 0 aliphatic heterocycles. The van der Waals surface area contributed by atoms with Crippen molar-refractivity contribution in [3.63, 3.8) is 0 Å². The molecule has 0 heterocycles. The van der Waals surface area contributed by atoms with Crippen LogP contribution in [0.15, 0.2) is 76.1 Å². The van der Waals surface area contributed by atoms with Gasteiger partial charge in [0.15, 0.2) is 11.5 Å². The molecule has 0 fully saturated rings. The molecule has 0 saturated carbocycles. The van der Waals surface area contributed by atoms with Crippen molar-refractivity contribution >= 4 is 55.1 Å². The van der Waals surface area contributed by atoms with E-state index >= 15 is 0 Å². The second kappa shape index (κ2) is 14.8. The highest BCUT2D eigenvalue weighted by Gasteiger charge is 2.33. The van der Waals surface area contributed by atoms with E-state index in [1.54, 1.807) is 19.1 Å². The zero-order chi connectivity index (χ0) is 31.0. The van der Waals surface area contributed by atoms with Gasteiger partial charge in [0.1, 0.15) is 12.6 Å². The number of benzene rings is 3. The summed E-state index contributed by atoms with van der Waals surface area (Å²) >= 11 is 9.50. The lowest BCUT2D eigenvalue weighted by Gasteiger charge is -2.32. The molecule has 0 aliphatic rings. The molecule has 0 unspecified atom stereocenters. The number of hydrogen-bond donors (Lipinski definition) is 1. The Morgan fingerprint density at radius 1 is 0.952 bits per heavy atom. The Morgan fingerprint density at radius 3 is 2.14 bits per heavy atom. The first-order chi connectivity index (χ1) is 19.9. The highest BCUT2D eigenvalue weighted by atomic mass is 79.9. The summed E-state index contributed by atoms with van der Waals surface area (Å²) < 4.78 is 40.6. The fourth-order valence-electron chi connectivity index (χ4n) is 4.07. The van der Waals surface area contributed by atoms with E-state index in [0.29, 0.717) is 17.2 Å². The number of anilines is 1. The summed E-state index contributed by atoms with van der Waals surface area (Å²) in [6, 6.07) is 16.7. The molecule has 226 valence electrons. The molecule has 1 N–H and O–H groups in total. The van der Waals surface area contributed by atoms with Crippen LogP contribution in [0.2, 0.25) is 5.02 Å². The minimum Gasteiger partial charge on any atom is -0.493 e. The van der Waals surface area contributed by atoms with Crippen LogP contribution in [0.4, 0.5) is 5.69 Å². The summed E-state index contributed by atoms with van der Waals surface area (Å²) in [7, 11) is -1.45. The van der Waals surface area contributed by atoms with Gasteiger partial charge in [0.25, 0.3) is 10.0 Å². The number of ether oxygens (including phenoxy) is 2. The van der Waals surface area contributed by atoms with Gasteiger partial charge in [-0.25, -0.2) is 8.42 Å². The van der Waals surface area contributed by atoms with Crippen molar-refractivity contribution in [2.45, 2.75) is 50.7 Å². The van der Waals surface area contributed by atoms with E-state index in [0.717, 1.165) is 14.3 Å². The Morgan fingerprint density at radius 2 is 1.57 bits per heavy atom. The number of sulfonamides is 1. The first-order valence-corrected chi connectivity index (χ1v) is 15.9. The van der Waals surface area contributed by atoms with Gasteiger partial charge >= 0.3 is 0 Å². The topological polar surface area (TPSA) is 105 Å². The minimum atomic E-state index is -4.30. The van der Waals surface area contributed by atoms with E-state index in [-0.39, 0.29) is 34.8 Å². The molecule has 42 heavy (non-hydrogen) atoms. The van der Waals surface area contributed by atoms with Crippen LogP contribution in [0.3, 0.4) is 0 Å². The summed E-state index contributed by atoms with van der Waals surface area (Å²) in [5, 5.41) is 3.32. The Hall–Kier alpha value is -3.28. The standard InChI is InChI=1S/C30H35BrClN3O6S/c1-6-20(2)33-30(37)21(3)34(18-22-7-9-23(31)10-8-22)29(36)19-35(25-13-11-24(32)12-14-25)42(38,39)26-15-16-27(40-4)28(17-26)41-5/h7-17,20-21H,6,18-19H2,1-5H3,(H,33,37)/t20-,21-/m0/s1. The monoisotopic (exact) mass is 679 g/mol. The van der Waals surface area contributed by atoms with E-state index in [9.17, 15) is 18.0 Å². The lowest BCUT2D eigenvalue weighted by Crippen LogP contribution is -2.52. The molecule has 3 aromatic carbocycles. The molecular weight excluding hydrogens is 646 g/mol. The maximum absolute atomic E-state index is 14.1. The van der Waals surface area contributed by atoms with E-state index in [1.807, 2.05) is 38.1 Å². The maximum Gasteiger partial charge on any atom is 0.264 e. The number of carbonyl (C=O) groups excluding carboxylic acids is 2. The van der Waals surface area contributed by atoms with Gasteiger partial charge < -0.3 is 19.7 Å². The quantitative estimate of drug-likeness (QED) is 0.250. The van der Waals surface area contributed by atoms with Crippen molar-refractivity contribution in [3.8, 4) is 11.5 Å². The lowest BCUT2D eigenvalue weighted by molar-refractivity contribution is -0.139. The van der Waals surface area contributed by atoms with Gasteiger partial charge in [0.05, 0.1) is 24.8 Å². The van der Waals surface area contributed by atoms with Crippen LogP contribution in [0, 0.1) is 0 Å². The Bertz CT molecular complexity index is 1490. The Labute approximate surface area is 260 Å². The summed E-state index contributed by atoms with van der Waals surface area (Å²) in [6.07, 6.45) is 0.715. The number of halogens is 2. The predicted octanol–water partition coefficient (Wildman–Crippen LogP) is 5.65. The van der Waals surface area contributed by atoms with Gasteiger partial charge in [-0.05, 0) is 74.4 Å². The molecule has 0 radical (unpaired) electrons. The normalized spacial score (nSPS) is 12.6.